The van der Waals surface area contributed by atoms with Crippen LogP contribution in [0.4, 0.5) is 0 Å². The van der Waals surface area contributed by atoms with Crippen molar-refractivity contribution >= 4 is 8.07 Å². The molecule has 3 heteroatoms. The van der Waals surface area contributed by atoms with E-state index in [1.54, 1.807) is 0 Å². The first-order valence-corrected chi connectivity index (χ1v) is 17.1. The Morgan fingerprint density at radius 1 is 0.657 bits per heavy atom. The zero-order valence-electron chi connectivity index (χ0n) is 24.1. The second kappa shape index (κ2) is 18.9. The van der Waals surface area contributed by atoms with Gasteiger partial charge in [0.2, 0.25) is 0 Å². The fourth-order valence-corrected chi connectivity index (χ4v) is 3.86. The lowest BCUT2D eigenvalue weighted by atomic mass is 10.0. The van der Waals surface area contributed by atoms with E-state index in [9.17, 15) is 0 Å². The largest absolute Gasteiger partial charge is 0.489 e. The Bertz CT molecular complexity index is 897. The SMILES string of the molecule is CC.CC.CC.Cc1ccc(OCc2ccc(-c3ccccc3)cc2)c(COCC[Si](C)(C)C)c1. The molecule has 0 aliphatic rings. The fourth-order valence-electron chi connectivity index (χ4n) is 3.11. The van der Waals surface area contributed by atoms with Crippen LogP contribution in [0.3, 0.4) is 0 Å². The average molecular weight is 495 g/mol. The van der Waals surface area contributed by atoms with Crippen LogP contribution in [0.1, 0.15) is 58.2 Å². The van der Waals surface area contributed by atoms with Crippen molar-refractivity contribution in [1.29, 1.82) is 0 Å². The molecule has 0 spiro atoms. The van der Waals surface area contributed by atoms with Crippen LogP contribution < -0.4 is 4.74 Å². The Morgan fingerprint density at radius 3 is 1.80 bits per heavy atom. The van der Waals surface area contributed by atoms with Crippen molar-refractivity contribution < 1.29 is 9.47 Å². The number of hydrogen-bond acceptors (Lipinski definition) is 2. The van der Waals surface area contributed by atoms with Crippen molar-refractivity contribution in [3.63, 3.8) is 0 Å². The number of aryl methyl sites for hydroxylation is 1. The van der Waals surface area contributed by atoms with E-state index >= 15 is 0 Å². The minimum absolute atomic E-state index is 0.556. The van der Waals surface area contributed by atoms with E-state index in [2.05, 4.69) is 93.3 Å². The van der Waals surface area contributed by atoms with Crippen LogP contribution in [-0.4, -0.2) is 14.7 Å². The second-order valence-electron chi connectivity index (χ2n) is 8.83. The maximum Gasteiger partial charge on any atom is 0.125 e. The van der Waals surface area contributed by atoms with Crippen LogP contribution in [0.2, 0.25) is 25.7 Å². The van der Waals surface area contributed by atoms with Gasteiger partial charge in [0.15, 0.2) is 0 Å². The van der Waals surface area contributed by atoms with E-state index in [1.165, 1.54) is 22.7 Å². The summed E-state index contributed by atoms with van der Waals surface area (Å²) in [6.07, 6.45) is 0. The third-order valence-corrected chi connectivity index (χ3v) is 6.63. The van der Waals surface area contributed by atoms with E-state index in [0.29, 0.717) is 13.2 Å². The minimum atomic E-state index is -1.06. The van der Waals surface area contributed by atoms with Crippen LogP contribution in [-0.2, 0) is 18.0 Å². The maximum absolute atomic E-state index is 6.15. The summed E-state index contributed by atoms with van der Waals surface area (Å²) in [5.74, 6) is 0.913. The summed E-state index contributed by atoms with van der Waals surface area (Å²) in [6, 6.07) is 26.5. The summed E-state index contributed by atoms with van der Waals surface area (Å²) >= 11 is 0. The molecule has 0 aliphatic heterocycles. The summed E-state index contributed by atoms with van der Waals surface area (Å²) in [5.41, 5.74) is 5.98. The predicted octanol–water partition coefficient (Wildman–Crippen LogP) is 10.2. The maximum atomic E-state index is 6.15. The van der Waals surface area contributed by atoms with Crippen LogP contribution in [0, 0.1) is 6.92 Å². The van der Waals surface area contributed by atoms with Crippen molar-refractivity contribution in [2.75, 3.05) is 6.61 Å². The van der Waals surface area contributed by atoms with Gasteiger partial charge in [-0.1, -0.05) is 133 Å². The highest BCUT2D eigenvalue weighted by atomic mass is 28.3. The molecule has 0 radical (unpaired) electrons. The van der Waals surface area contributed by atoms with E-state index in [4.69, 9.17) is 9.47 Å². The van der Waals surface area contributed by atoms with Gasteiger partial charge in [-0.15, -0.1) is 0 Å². The zero-order valence-corrected chi connectivity index (χ0v) is 25.1. The first-order chi connectivity index (χ1) is 16.9. The molecule has 0 aliphatic carbocycles. The Balaban J connectivity index is 0.00000179. The molecule has 0 fully saturated rings. The fraction of sp³-hybridized carbons (Fsp3) is 0.438. The first-order valence-electron chi connectivity index (χ1n) is 13.4. The Morgan fingerprint density at radius 2 is 1.23 bits per heavy atom. The molecular formula is C32H50O2Si. The highest BCUT2D eigenvalue weighted by Gasteiger charge is 2.13. The topological polar surface area (TPSA) is 18.5 Å². The van der Waals surface area contributed by atoms with Gasteiger partial charge in [0.25, 0.3) is 0 Å². The van der Waals surface area contributed by atoms with Crippen molar-refractivity contribution in [1.82, 2.24) is 0 Å². The van der Waals surface area contributed by atoms with Gasteiger partial charge in [0.1, 0.15) is 12.4 Å². The van der Waals surface area contributed by atoms with E-state index in [0.717, 1.165) is 23.5 Å². The van der Waals surface area contributed by atoms with Gasteiger partial charge in [-0.3, -0.25) is 0 Å². The van der Waals surface area contributed by atoms with Crippen molar-refractivity contribution in [3.8, 4) is 16.9 Å². The minimum Gasteiger partial charge on any atom is -0.489 e. The van der Waals surface area contributed by atoms with Crippen molar-refractivity contribution in [2.45, 2.75) is 87.4 Å². The number of hydrogen-bond donors (Lipinski definition) is 0. The molecular weight excluding hydrogens is 444 g/mol. The van der Waals surface area contributed by atoms with Gasteiger partial charge in [0.05, 0.1) is 6.61 Å². The van der Waals surface area contributed by atoms with Crippen LogP contribution in [0.25, 0.3) is 11.1 Å². The Hall–Kier alpha value is -2.36. The molecule has 3 aromatic carbocycles. The predicted molar refractivity (Wildman–Crippen MR) is 159 cm³/mol. The lowest BCUT2D eigenvalue weighted by molar-refractivity contribution is 0.130. The quantitative estimate of drug-likeness (QED) is 0.217. The number of rotatable bonds is 9. The Kier molecular flexibility index (Phi) is 17.6. The van der Waals surface area contributed by atoms with Gasteiger partial charge in [-0.25, -0.2) is 0 Å². The van der Waals surface area contributed by atoms with E-state index in [1.807, 2.05) is 47.6 Å². The molecule has 0 saturated heterocycles. The summed E-state index contributed by atoms with van der Waals surface area (Å²) in [6.45, 7) is 23.2. The van der Waals surface area contributed by atoms with E-state index < -0.39 is 8.07 Å². The number of benzene rings is 3. The molecule has 0 heterocycles. The third-order valence-electron chi connectivity index (χ3n) is 4.93. The van der Waals surface area contributed by atoms with Gasteiger partial charge < -0.3 is 9.47 Å². The first kappa shape index (κ1) is 32.6. The highest BCUT2D eigenvalue weighted by Crippen LogP contribution is 2.24. The molecule has 2 nitrogen and oxygen atoms in total. The average Bonchev–Trinajstić information content (AvgIpc) is 2.90. The molecule has 0 aromatic heterocycles. The molecule has 0 N–H and O–H groups in total. The standard InChI is InChI=1S/C26H32O2Si.3C2H6/c1-21-10-15-26(25(18-21)20-27-16-17-29(2,3)4)28-19-22-11-13-24(14-12-22)23-8-6-5-7-9-23;3*1-2/h5-15,18H,16-17,19-20H2,1-4H3;3*1-2H3. The van der Waals surface area contributed by atoms with Crippen LogP contribution in [0.5, 0.6) is 5.75 Å². The van der Waals surface area contributed by atoms with Gasteiger partial charge in [-0.05, 0) is 35.7 Å². The van der Waals surface area contributed by atoms with Crippen LogP contribution in [0.15, 0.2) is 72.8 Å². The van der Waals surface area contributed by atoms with Crippen molar-refractivity contribution in [3.05, 3.63) is 89.5 Å². The summed E-state index contributed by atoms with van der Waals surface area (Å²) in [5, 5.41) is 0. The summed E-state index contributed by atoms with van der Waals surface area (Å²) in [7, 11) is -1.06. The molecule has 0 bridgehead atoms. The molecule has 35 heavy (non-hydrogen) atoms. The van der Waals surface area contributed by atoms with Gasteiger partial charge >= 0.3 is 0 Å². The summed E-state index contributed by atoms with van der Waals surface area (Å²) < 4.78 is 12.1. The van der Waals surface area contributed by atoms with Crippen molar-refractivity contribution in [2.24, 2.45) is 0 Å². The zero-order chi connectivity index (χ0) is 26.7. The van der Waals surface area contributed by atoms with Gasteiger partial charge in [0, 0.05) is 20.2 Å². The van der Waals surface area contributed by atoms with Crippen LogP contribution >= 0.6 is 0 Å². The third kappa shape index (κ3) is 13.3. The molecule has 3 rings (SSSR count). The molecule has 0 saturated carbocycles. The normalized spacial score (nSPS) is 10.0. The highest BCUT2D eigenvalue weighted by molar-refractivity contribution is 6.76. The lowest BCUT2D eigenvalue weighted by Crippen LogP contribution is -2.21. The molecule has 0 atom stereocenters. The molecule has 0 unspecified atom stereocenters. The molecule has 3 aromatic rings. The molecule has 194 valence electrons. The second-order valence-corrected chi connectivity index (χ2v) is 14.4. The van der Waals surface area contributed by atoms with E-state index in [-0.39, 0.29) is 0 Å². The molecule has 0 amide bonds. The monoisotopic (exact) mass is 494 g/mol. The lowest BCUT2D eigenvalue weighted by Gasteiger charge is -2.17. The number of ether oxygens (including phenoxy) is 2. The smallest absolute Gasteiger partial charge is 0.125 e. The summed E-state index contributed by atoms with van der Waals surface area (Å²) in [4.78, 5) is 0. The van der Waals surface area contributed by atoms with Gasteiger partial charge in [-0.2, -0.15) is 0 Å². The Labute approximate surface area is 217 Å².